The summed E-state index contributed by atoms with van der Waals surface area (Å²) in [7, 11) is 2.01. The van der Waals surface area contributed by atoms with Gasteiger partial charge in [-0.1, -0.05) is 26.8 Å². The Morgan fingerprint density at radius 1 is 1.20 bits per heavy atom. The highest BCUT2D eigenvalue weighted by atomic mass is 79.9. The van der Waals surface area contributed by atoms with Gasteiger partial charge in [-0.3, -0.25) is 4.98 Å². The van der Waals surface area contributed by atoms with Gasteiger partial charge in [0.15, 0.2) is 0 Å². The van der Waals surface area contributed by atoms with Crippen molar-refractivity contribution < 1.29 is 0 Å². The molecule has 5 heteroatoms. The number of halogens is 1. The van der Waals surface area contributed by atoms with Gasteiger partial charge in [0.2, 0.25) is 0 Å². The van der Waals surface area contributed by atoms with Crippen molar-refractivity contribution in [3.05, 3.63) is 46.6 Å². The highest BCUT2D eigenvalue weighted by molar-refractivity contribution is 9.10. The van der Waals surface area contributed by atoms with E-state index in [9.17, 15) is 0 Å². The molecule has 2 heterocycles. The smallest absolute Gasteiger partial charge is 0.137 e. The van der Waals surface area contributed by atoms with Crippen LogP contribution in [0.2, 0.25) is 0 Å². The second-order valence-electron chi connectivity index (χ2n) is 5.80. The van der Waals surface area contributed by atoms with E-state index in [1.807, 2.05) is 31.3 Å². The van der Waals surface area contributed by atoms with Crippen LogP contribution >= 0.6 is 15.9 Å². The van der Waals surface area contributed by atoms with E-state index in [1.165, 1.54) is 0 Å². The minimum absolute atomic E-state index is 0.0790. The predicted molar refractivity (Wildman–Crippen MR) is 84.8 cm³/mol. The van der Waals surface area contributed by atoms with E-state index in [-0.39, 0.29) is 5.41 Å². The molecule has 0 spiro atoms. The number of anilines is 1. The lowest BCUT2D eigenvalue weighted by Crippen LogP contribution is -2.22. The number of aromatic nitrogens is 3. The predicted octanol–water partition coefficient (Wildman–Crippen LogP) is 3.57. The van der Waals surface area contributed by atoms with E-state index in [0.29, 0.717) is 6.54 Å². The summed E-state index contributed by atoms with van der Waals surface area (Å²) in [5, 5.41) is 0. The summed E-state index contributed by atoms with van der Waals surface area (Å²) >= 11 is 3.47. The van der Waals surface area contributed by atoms with Crippen LogP contribution in [0.5, 0.6) is 0 Å². The van der Waals surface area contributed by atoms with Gasteiger partial charge in [0.05, 0.1) is 12.2 Å². The van der Waals surface area contributed by atoms with Gasteiger partial charge in [-0.25, -0.2) is 9.97 Å². The maximum atomic E-state index is 4.66. The lowest BCUT2D eigenvalue weighted by atomic mass is 9.96. The summed E-state index contributed by atoms with van der Waals surface area (Å²) in [6, 6.07) is 7.85. The molecule has 2 aromatic heterocycles. The van der Waals surface area contributed by atoms with Crippen LogP contribution in [-0.4, -0.2) is 22.0 Å². The van der Waals surface area contributed by atoms with Gasteiger partial charge in [0, 0.05) is 24.7 Å². The maximum absolute atomic E-state index is 4.66. The summed E-state index contributed by atoms with van der Waals surface area (Å²) in [4.78, 5) is 15.5. The fourth-order valence-electron chi connectivity index (χ4n) is 1.75. The summed E-state index contributed by atoms with van der Waals surface area (Å²) in [6.07, 6.45) is 1.81. The molecule has 0 fully saturated rings. The lowest BCUT2D eigenvalue weighted by molar-refractivity contribution is 0.542. The fourth-order valence-corrected chi connectivity index (χ4v) is 2.13. The molecular weight excluding hydrogens is 316 g/mol. The largest absolute Gasteiger partial charge is 0.354 e. The lowest BCUT2D eigenvalue weighted by Gasteiger charge is -2.22. The standard InChI is InChI=1S/C15H19BrN4/c1-15(2,3)14-18-12(16)9-13(19-14)20(4)10-11-7-5-6-8-17-11/h5-9H,10H2,1-4H3. The van der Waals surface area contributed by atoms with E-state index < -0.39 is 0 Å². The van der Waals surface area contributed by atoms with E-state index in [2.05, 4.69) is 56.6 Å². The number of rotatable bonds is 3. The van der Waals surface area contributed by atoms with E-state index >= 15 is 0 Å². The van der Waals surface area contributed by atoms with Crippen molar-refractivity contribution in [2.75, 3.05) is 11.9 Å². The molecule has 0 radical (unpaired) electrons. The van der Waals surface area contributed by atoms with Crippen molar-refractivity contribution >= 4 is 21.7 Å². The SMILES string of the molecule is CN(Cc1ccccn1)c1cc(Br)nc(C(C)(C)C)n1. The van der Waals surface area contributed by atoms with Crippen LogP contribution in [0.3, 0.4) is 0 Å². The van der Waals surface area contributed by atoms with Gasteiger partial charge >= 0.3 is 0 Å². The molecule has 0 bridgehead atoms. The average Bonchev–Trinajstić information content (AvgIpc) is 2.38. The third-order valence-electron chi connectivity index (χ3n) is 2.87. The van der Waals surface area contributed by atoms with Crippen LogP contribution in [0.15, 0.2) is 35.1 Å². The Morgan fingerprint density at radius 3 is 2.55 bits per heavy atom. The molecule has 2 aromatic rings. The number of hydrogen-bond acceptors (Lipinski definition) is 4. The van der Waals surface area contributed by atoms with Gasteiger partial charge in [-0.2, -0.15) is 0 Å². The quantitative estimate of drug-likeness (QED) is 0.804. The number of nitrogens with zero attached hydrogens (tertiary/aromatic N) is 4. The van der Waals surface area contributed by atoms with Crippen molar-refractivity contribution in [1.29, 1.82) is 0 Å². The molecule has 0 atom stereocenters. The van der Waals surface area contributed by atoms with Crippen LogP contribution in [0, 0.1) is 0 Å². The molecule has 0 saturated heterocycles. The monoisotopic (exact) mass is 334 g/mol. The van der Waals surface area contributed by atoms with Crippen molar-refractivity contribution in [3.8, 4) is 0 Å². The van der Waals surface area contributed by atoms with E-state index in [1.54, 1.807) is 6.20 Å². The molecule has 0 aliphatic heterocycles. The molecule has 0 N–H and O–H groups in total. The van der Waals surface area contributed by atoms with Gasteiger partial charge in [0.25, 0.3) is 0 Å². The van der Waals surface area contributed by atoms with Crippen LogP contribution < -0.4 is 4.90 Å². The second kappa shape index (κ2) is 5.87. The molecule has 20 heavy (non-hydrogen) atoms. The number of hydrogen-bond donors (Lipinski definition) is 0. The Hall–Kier alpha value is -1.49. The summed E-state index contributed by atoms with van der Waals surface area (Å²) in [5.74, 6) is 1.72. The Balaban J connectivity index is 2.26. The fraction of sp³-hybridized carbons (Fsp3) is 0.400. The minimum atomic E-state index is -0.0790. The Bertz CT molecular complexity index is 578. The minimum Gasteiger partial charge on any atom is -0.354 e. The molecule has 106 valence electrons. The molecule has 0 amide bonds. The summed E-state index contributed by atoms with van der Waals surface area (Å²) < 4.78 is 0.806. The highest BCUT2D eigenvalue weighted by Gasteiger charge is 2.19. The van der Waals surface area contributed by atoms with Crippen LogP contribution in [0.25, 0.3) is 0 Å². The molecule has 0 aliphatic rings. The summed E-state index contributed by atoms with van der Waals surface area (Å²) in [6.45, 7) is 7.04. The van der Waals surface area contributed by atoms with Crippen LogP contribution in [0.1, 0.15) is 32.3 Å². The van der Waals surface area contributed by atoms with Crippen molar-refractivity contribution in [1.82, 2.24) is 15.0 Å². The third-order valence-corrected chi connectivity index (χ3v) is 3.27. The topological polar surface area (TPSA) is 41.9 Å². The first-order valence-electron chi connectivity index (χ1n) is 6.52. The molecule has 0 unspecified atom stereocenters. The maximum Gasteiger partial charge on any atom is 0.137 e. The van der Waals surface area contributed by atoms with E-state index in [0.717, 1.165) is 21.9 Å². The van der Waals surface area contributed by atoms with Crippen LogP contribution in [0.4, 0.5) is 5.82 Å². The molecule has 2 rings (SSSR count). The third kappa shape index (κ3) is 3.76. The van der Waals surface area contributed by atoms with Crippen molar-refractivity contribution in [2.45, 2.75) is 32.7 Å². The normalized spacial score (nSPS) is 11.4. The van der Waals surface area contributed by atoms with Gasteiger partial charge in [0.1, 0.15) is 16.2 Å². The first kappa shape index (κ1) is 14.9. The average molecular weight is 335 g/mol. The first-order valence-corrected chi connectivity index (χ1v) is 7.31. The van der Waals surface area contributed by atoms with Crippen molar-refractivity contribution in [2.24, 2.45) is 0 Å². The second-order valence-corrected chi connectivity index (χ2v) is 6.61. The number of pyridine rings is 1. The molecule has 0 aliphatic carbocycles. The first-order chi connectivity index (χ1) is 9.36. The highest BCUT2D eigenvalue weighted by Crippen LogP contribution is 2.24. The zero-order valence-electron chi connectivity index (χ0n) is 12.3. The Morgan fingerprint density at radius 2 is 1.95 bits per heavy atom. The van der Waals surface area contributed by atoms with E-state index in [4.69, 9.17) is 0 Å². The van der Waals surface area contributed by atoms with Crippen LogP contribution in [-0.2, 0) is 12.0 Å². The Kier molecular flexibility index (Phi) is 4.38. The van der Waals surface area contributed by atoms with Gasteiger partial charge in [-0.05, 0) is 28.1 Å². The van der Waals surface area contributed by atoms with Crippen molar-refractivity contribution in [3.63, 3.8) is 0 Å². The molecule has 0 aromatic carbocycles. The van der Waals surface area contributed by atoms with Gasteiger partial charge in [-0.15, -0.1) is 0 Å². The zero-order valence-corrected chi connectivity index (χ0v) is 13.8. The van der Waals surface area contributed by atoms with Gasteiger partial charge < -0.3 is 4.90 Å². The zero-order chi connectivity index (χ0) is 14.8. The molecule has 0 saturated carbocycles. The molecule has 4 nitrogen and oxygen atoms in total. The Labute approximate surface area is 128 Å². The summed E-state index contributed by atoms with van der Waals surface area (Å²) in [5.41, 5.74) is 0.937. The molecular formula is C15H19BrN4.